The monoisotopic (exact) mass is 763 g/mol. The first-order valence-electron chi connectivity index (χ1n) is 19.1. The second-order valence-corrected chi connectivity index (χ2v) is 14.5. The average Bonchev–Trinajstić information content (AvgIpc) is 3.50. The van der Waals surface area contributed by atoms with Crippen LogP contribution in [-0.4, -0.2) is 79.1 Å². The van der Waals surface area contributed by atoms with E-state index in [1.165, 1.54) is 6.20 Å². The van der Waals surface area contributed by atoms with E-state index >= 15 is 0 Å². The molecule has 1 aliphatic heterocycles. The molecule has 5 atom stereocenters. The molecule has 0 radical (unpaired) electrons. The Morgan fingerprint density at radius 3 is 2.02 bits per heavy atom. The van der Waals surface area contributed by atoms with Crippen molar-refractivity contribution in [2.24, 2.45) is 0 Å². The molecule has 0 saturated carbocycles. The van der Waals surface area contributed by atoms with E-state index in [9.17, 15) is 14.9 Å². The van der Waals surface area contributed by atoms with E-state index in [1.54, 1.807) is 14.2 Å². The first-order chi connectivity index (χ1) is 27.2. The summed E-state index contributed by atoms with van der Waals surface area (Å²) in [7, 11) is -1.81. The fourth-order valence-electron chi connectivity index (χ4n) is 6.63. The number of ether oxygens (including phenoxy) is 5. The molecule has 13 nitrogen and oxygen atoms in total. The molecule has 2 heterocycles. The van der Waals surface area contributed by atoms with Gasteiger partial charge in [0, 0.05) is 31.4 Å². The van der Waals surface area contributed by atoms with Crippen molar-refractivity contribution in [1.29, 1.82) is 5.26 Å². The van der Waals surface area contributed by atoms with Gasteiger partial charge in [-0.1, -0.05) is 54.6 Å². The third-order valence-corrected chi connectivity index (χ3v) is 11.2. The van der Waals surface area contributed by atoms with Crippen molar-refractivity contribution in [3.63, 3.8) is 0 Å². The predicted molar refractivity (Wildman–Crippen MR) is 204 cm³/mol. The van der Waals surface area contributed by atoms with Crippen LogP contribution in [0.3, 0.4) is 0 Å². The van der Waals surface area contributed by atoms with Crippen molar-refractivity contribution in [2.45, 2.75) is 76.3 Å². The minimum absolute atomic E-state index is 0.0343. The number of methoxy groups -OCH3 is 3. The molecule has 5 rings (SSSR count). The minimum Gasteiger partial charge on any atom is -0.497 e. The molecule has 1 aromatic heterocycles. The first kappa shape index (κ1) is 36.6. The van der Waals surface area contributed by atoms with Gasteiger partial charge in [-0.05, 0) is 68.7 Å². The highest BCUT2D eigenvalue weighted by molar-refractivity contribution is 7.44. The van der Waals surface area contributed by atoms with Crippen LogP contribution in [0.25, 0.3) is 0 Å². The quantitative estimate of drug-likeness (QED) is 0.0709. The standard InChI is InChI=1S/C40H49N4O9P/c1-27(2)44(28(3)4)54(51-25-11-23-41)53-36-34(52-38(37(36)49-7)43-24-22-35(45)42-39(43)46)26-50-40(29-12-9-8-10-13-29,30-14-18-32(47-5)19-15-30)31-16-20-33(48-6)21-17-31/h8-10,12-22,24,27-28,34,36-38H,11,25-26H2,1-7H3,(H,42,45,46)/t34-,36-,37-,38-,54?/m1/s1/i7D3. The highest BCUT2D eigenvalue weighted by Crippen LogP contribution is 2.51. The van der Waals surface area contributed by atoms with Gasteiger partial charge in [-0.2, -0.15) is 5.26 Å². The first-order valence-corrected chi connectivity index (χ1v) is 18.7. The molecule has 4 aromatic rings. The van der Waals surface area contributed by atoms with Gasteiger partial charge in [0.25, 0.3) is 14.1 Å². The van der Waals surface area contributed by atoms with Crippen molar-refractivity contribution in [1.82, 2.24) is 14.2 Å². The van der Waals surface area contributed by atoms with E-state index in [0.717, 1.165) is 27.3 Å². The van der Waals surface area contributed by atoms with Gasteiger partial charge in [0.2, 0.25) is 0 Å². The lowest BCUT2D eigenvalue weighted by atomic mass is 9.80. The van der Waals surface area contributed by atoms with E-state index in [0.29, 0.717) is 11.5 Å². The third kappa shape index (κ3) is 8.94. The SMILES string of the molecule is [2H]C([2H])([2H])O[C@@H]1[C@H](OP(OCCC#N)N(C(C)C)C(C)C)[C@@H](COC(c2ccccc2)(c2ccc(OC)cc2)c2ccc(OC)cc2)O[C@H]1n1ccc(=O)[nH]c1=O. The summed E-state index contributed by atoms with van der Waals surface area (Å²) in [5.41, 5.74) is -0.594. The topological polar surface area (TPSA) is 146 Å². The summed E-state index contributed by atoms with van der Waals surface area (Å²) in [4.78, 5) is 27.6. The maximum absolute atomic E-state index is 13.3. The summed E-state index contributed by atoms with van der Waals surface area (Å²) in [5.74, 6) is 1.26. The van der Waals surface area contributed by atoms with Gasteiger partial charge in [-0.3, -0.25) is 14.3 Å². The van der Waals surface area contributed by atoms with E-state index < -0.39 is 57.0 Å². The lowest BCUT2D eigenvalue weighted by Crippen LogP contribution is -2.43. The van der Waals surface area contributed by atoms with Crippen LogP contribution in [0.4, 0.5) is 0 Å². The molecule has 0 bridgehead atoms. The maximum Gasteiger partial charge on any atom is 0.330 e. The van der Waals surface area contributed by atoms with Crippen LogP contribution in [0, 0.1) is 11.3 Å². The molecule has 54 heavy (non-hydrogen) atoms. The van der Waals surface area contributed by atoms with Gasteiger partial charge >= 0.3 is 5.69 Å². The number of rotatable bonds is 18. The highest BCUT2D eigenvalue weighted by Gasteiger charge is 2.51. The molecular formula is C40H49N4O9P. The zero-order valence-electron chi connectivity index (χ0n) is 34.2. The number of nitrogens with zero attached hydrogens (tertiary/aromatic N) is 3. The van der Waals surface area contributed by atoms with Crippen molar-refractivity contribution >= 4 is 8.53 Å². The molecule has 288 valence electrons. The third-order valence-electron chi connectivity index (χ3n) is 9.06. The number of aromatic nitrogens is 2. The number of H-pyrrole nitrogens is 1. The van der Waals surface area contributed by atoms with Gasteiger partial charge < -0.3 is 32.7 Å². The molecule has 1 unspecified atom stereocenters. The molecule has 1 N–H and O–H groups in total. The van der Waals surface area contributed by atoms with Gasteiger partial charge in [-0.25, -0.2) is 9.46 Å². The van der Waals surface area contributed by atoms with Gasteiger partial charge in [-0.15, -0.1) is 0 Å². The number of benzene rings is 3. The lowest BCUT2D eigenvalue weighted by molar-refractivity contribution is -0.0957. The Hall–Kier alpha value is -4.38. The Balaban J connectivity index is 1.69. The van der Waals surface area contributed by atoms with Crippen LogP contribution < -0.4 is 20.7 Å². The smallest absolute Gasteiger partial charge is 0.330 e. The van der Waals surface area contributed by atoms with E-state index in [2.05, 4.69) is 11.1 Å². The van der Waals surface area contributed by atoms with Crippen LogP contribution in [-0.2, 0) is 28.9 Å². The summed E-state index contributed by atoms with van der Waals surface area (Å²) >= 11 is 0. The predicted octanol–water partition coefficient (Wildman–Crippen LogP) is 6.14. The van der Waals surface area contributed by atoms with Crippen LogP contribution in [0.5, 0.6) is 11.5 Å². The molecule has 0 amide bonds. The normalized spacial score (nSPS) is 20.3. The zero-order valence-corrected chi connectivity index (χ0v) is 32.1. The van der Waals surface area contributed by atoms with Crippen LogP contribution in [0.15, 0.2) is 101 Å². The molecular weight excluding hydrogens is 711 g/mol. The van der Waals surface area contributed by atoms with Crippen LogP contribution >= 0.6 is 8.53 Å². The van der Waals surface area contributed by atoms with Crippen molar-refractivity contribution in [3.8, 4) is 17.6 Å². The van der Waals surface area contributed by atoms with Crippen LogP contribution in [0.1, 0.15) is 61.1 Å². The molecule has 1 aliphatic rings. The van der Waals surface area contributed by atoms with Crippen molar-refractivity contribution in [2.75, 3.05) is 34.5 Å². The average molecular weight is 764 g/mol. The Labute approximate surface area is 321 Å². The second kappa shape index (κ2) is 18.8. The number of hydrogen-bond acceptors (Lipinski definition) is 11. The summed E-state index contributed by atoms with van der Waals surface area (Å²) in [6.45, 7) is 7.67. The number of nitrogens with one attached hydrogen (secondary N) is 1. The van der Waals surface area contributed by atoms with E-state index in [1.807, 2.05) is 111 Å². The number of hydrogen-bond donors (Lipinski definition) is 1. The Bertz CT molecular complexity index is 1990. The largest absolute Gasteiger partial charge is 0.497 e. The number of nitriles is 1. The summed E-state index contributed by atoms with van der Waals surface area (Å²) in [6.07, 6.45) is -3.90. The Morgan fingerprint density at radius 1 is 0.907 bits per heavy atom. The summed E-state index contributed by atoms with van der Waals surface area (Å²) in [6, 6.07) is 27.5. The second-order valence-electron chi connectivity index (χ2n) is 13.1. The van der Waals surface area contributed by atoms with Gasteiger partial charge in [0.05, 0.1) is 44.0 Å². The minimum atomic E-state index is -2.98. The number of aromatic amines is 1. The van der Waals surface area contributed by atoms with E-state index in [-0.39, 0.29) is 31.7 Å². The molecule has 0 spiro atoms. The summed E-state index contributed by atoms with van der Waals surface area (Å²) in [5, 5.41) is 9.36. The summed E-state index contributed by atoms with van der Waals surface area (Å²) < 4.78 is 71.1. The van der Waals surface area contributed by atoms with Gasteiger partial charge in [0.1, 0.15) is 35.4 Å². The van der Waals surface area contributed by atoms with E-state index in [4.69, 9.17) is 36.8 Å². The zero-order chi connectivity index (χ0) is 41.3. The molecule has 0 aliphatic carbocycles. The lowest BCUT2D eigenvalue weighted by Gasteiger charge is -2.39. The highest BCUT2D eigenvalue weighted by atomic mass is 31.2. The van der Waals surface area contributed by atoms with Crippen molar-refractivity contribution < 1.29 is 36.8 Å². The molecule has 3 aromatic carbocycles. The fraction of sp³-hybridized carbons (Fsp3) is 0.425. The van der Waals surface area contributed by atoms with Crippen LogP contribution in [0.2, 0.25) is 0 Å². The molecule has 14 heteroatoms. The molecule has 1 saturated heterocycles. The Kier molecular flexibility index (Phi) is 12.7. The molecule has 1 fully saturated rings. The van der Waals surface area contributed by atoms with Gasteiger partial charge in [0.15, 0.2) is 6.23 Å². The maximum atomic E-state index is 13.3. The van der Waals surface area contributed by atoms with Crippen molar-refractivity contribution in [3.05, 3.63) is 129 Å². The Morgan fingerprint density at radius 2 is 1.50 bits per heavy atom. The fourth-order valence-corrected chi connectivity index (χ4v) is 8.40.